The molecule has 0 saturated heterocycles. The van der Waals surface area contributed by atoms with E-state index in [1.54, 1.807) is 0 Å². The molecule has 0 radical (unpaired) electrons. The Morgan fingerprint density at radius 1 is 0.390 bits per heavy atom. The van der Waals surface area contributed by atoms with Crippen molar-refractivity contribution in [3.05, 3.63) is 180 Å². The van der Waals surface area contributed by atoms with Crippen molar-refractivity contribution in [3.8, 4) is 0 Å². The van der Waals surface area contributed by atoms with E-state index in [9.17, 15) is 13.2 Å². The molecule has 0 spiro atoms. The van der Waals surface area contributed by atoms with E-state index in [1.165, 1.54) is 51.6 Å². The van der Waals surface area contributed by atoms with Gasteiger partial charge in [0.25, 0.3) is 0 Å². The molecule has 0 bridgehead atoms. The topological polar surface area (TPSA) is 57.2 Å². The third-order valence-electron chi connectivity index (χ3n) is 9.37. The van der Waals surface area contributed by atoms with Crippen LogP contribution in [-0.2, 0) is 48.2 Å². The predicted molar refractivity (Wildman–Crippen MR) is 240 cm³/mol. The van der Waals surface area contributed by atoms with Crippen LogP contribution < -0.4 is 0 Å². The van der Waals surface area contributed by atoms with Gasteiger partial charge in [-0.1, -0.05) is 153 Å². The maximum atomic E-state index is 10.7. The highest BCUT2D eigenvalue weighted by molar-refractivity contribution is 7.97. The van der Waals surface area contributed by atoms with Gasteiger partial charge in [0, 0.05) is 0 Å². The molecule has 59 heavy (non-hydrogen) atoms. The largest absolute Gasteiger partial charge is 0.741 e. The second kappa shape index (κ2) is 19.4. The van der Waals surface area contributed by atoms with Gasteiger partial charge in [-0.3, -0.25) is 0 Å². The number of rotatable bonds is 6. The molecule has 6 aromatic carbocycles. The third kappa shape index (κ3) is 13.6. The fourth-order valence-corrected chi connectivity index (χ4v) is 10.0. The molecular weight excluding hydrogens is 802 g/mol. The standard InChI is InChI=1S/C30H39S.C19H17S.CHF3O3S/c1-28(2,3)22-10-16-25(17-11-22)31(26-18-12-23(13-19-26)29(4,5)6)27-20-14-24(15-21-27)30(7,8)9;1-16-12-14-19(15-13-16)20(17-8-4-2-5-9-17)18-10-6-3-7-11-18;2-1(3,4)8(5,6)7/h10-21H,1-9H3;2-15H,1H3;(H,5,6,7)/q2*+1;/p-1. The SMILES string of the molecule is CC(C)(C)c1ccc([S+](c2ccc(C(C)(C)C)cc2)c2ccc(C(C)(C)C)cc2)cc1.Cc1ccc([S+](c2ccccc2)c2ccccc2)cc1.O=S(=O)([O-])C(F)(F)F. The summed E-state index contributed by atoms with van der Waals surface area (Å²) in [6, 6.07) is 58.2. The fourth-order valence-electron chi connectivity index (χ4n) is 5.88. The minimum Gasteiger partial charge on any atom is -0.741 e. The van der Waals surface area contributed by atoms with E-state index in [4.69, 9.17) is 13.0 Å². The number of benzene rings is 6. The molecule has 9 heteroatoms. The first-order valence-electron chi connectivity index (χ1n) is 19.4. The first kappa shape index (κ1) is 47.4. The van der Waals surface area contributed by atoms with Crippen LogP contribution in [-0.4, -0.2) is 18.5 Å². The van der Waals surface area contributed by atoms with E-state index in [1.807, 2.05) is 0 Å². The summed E-state index contributed by atoms with van der Waals surface area (Å²) < 4.78 is 58.9. The number of hydrogen-bond acceptors (Lipinski definition) is 3. The van der Waals surface area contributed by atoms with Crippen LogP contribution in [0.5, 0.6) is 0 Å². The number of alkyl halides is 3. The van der Waals surface area contributed by atoms with Crippen molar-refractivity contribution in [1.29, 1.82) is 0 Å². The Morgan fingerprint density at radius 2 is 0.593 bits per heavy atom. The molecular formula is C50H56F3O3S3+. The van der Waals surface area contributed by atoms with Crippen molar-refractivity contribution in [1.82, 2.24) is 0 Å². The van der Waals surface area contributed by atoms with Crippen molar-refractivity contribution in [3.63, 3.8) is 0 Å². The Morgan fingerprint density at radius 3 is 0.797 bits per heavy atom. The van der Waals surface area contributed by atoms with Gasteiger partial charge >= 0.3 is 5.51 Å². The molecule has 0 saturated carbocycles. The highest BCUT2D eigenvalue weighted by atomic mass is 32.2. The maximum absolute atomic E-state index is 10.7. The van der Waals surface area contributed by atoms with Crippen LogP contribution in [0.3, 0.4) is 0 Å². The van der Waals surface area contributed by atoms with E-state index in [2.05, 4.69) is 227 Å². The Balaban J connectivity index is 0.000000233. The zero-order chi connectivity index (χ0) is 43.8. The van der Waals surface area contributed by atoms with Crippen molar-refractivity contribution in [2.24, 2.45) is 0 Å². The number of hydrogen-bond donors (Lipinski definition) is 0. The summed E-state index contributed by atoms with van der Waals surface area (Å²) in [5, 5.41) is 0. The molecule has 0 aliphatic rings. The lowest BCUT2D eigenvalue weighted by Crippen LogP contribution is -2.21. The second-order valence-electron chi connectivity index (χ2n) is 17.3. The zero-order valence-corrected chi connectivity index (χ0v) is 38.0. The van der Waals surface area contributed by atoms with Crippen LogP contribution in [0.15, 0.2) is 187 Å². The van der Waals surface area contributed by atoms with Crippen LogP contribution in [0.25, 0.3) is 0 Å². The summed E-state index contributed by atoms with van der Waals surface area (Å²) in [5.74, 6) is 0. The average Bonchev–Trinajstić information content (AvgIpc) is 3.16. The van der Waals surface area contributed by atoms with Gasteiger partial charge in [-0.2, -0.15) is 13.2 Å². The number of aryl methyl sites for hydroxylation is 1. The summed E-state index contributed by atoms with van der Waals surface area (Å²) in [6.07, 6.45) is 0. The van der Waals surface area contributed by atoms with Crippen LogP contribution in [0, 0.1) is 6.92 Å². The minimum absolute atomic E-state index is 0.0229. The molecule has 6 aromatic rings. The van der Waals surface area contributed by atoms with E-state index in [0.717, 1.165) is 0 Å². The predicted octanol–water partition coefficient (Wildman–Crippen LogP) is 13.8. The zero-order valence-electron chi connectivity index (χ0n) is 35.6. The molecule has 0 aliphatic carbocycles. The van der Waals surface area contributed by atoms with Gasteiger partial charge in [-0.25, -0.2) is 8.42 Å². The molecule has 312 valence electrons. The van der Waals surface area contributed by atoms with Gasteiger partial charge in [0.15, 0.2) is 39.5 Å². The van der Waals surface area contributed by atoms with E-state index in [0.29, 0.717) is 0 Å². The van der Waals surface area contributed by atoms with Gasteiger partial charge in [-0.05, 0) is 113 Å². The molecule has 0 heterocycles. The average molecular weight is 858 g/mol. The highest BCUT2D eigenvalue weighted by Gasteiger charge is 2.37. The molecule has 0 N–H and O–H groups in total. The van der Waals surface area contributed by atoms with E-state index in [-0.39, 0.29) is 38.0 Å². The van der Waals surface area contributed by atoms with Crippen LogP contribution in [0.2, 0.25) is 0 Å². The first-order chi connectivity index (χ1) is 27.4. The van der Waals surface area contributed by atoms with E-state index >= 15 is 0 Å². The molecule has 0 unspecified atom stereocenters. The molecule has 3 nitrogen and oxygen atoms in total. The maximum Gasteiger partial charge on any atom is 0.485 e. The highest BCUT2D eigenvalue weighted by Crippen LogP contribution is 2.36. The molecule has 6 rings (SSSR count). The van der Waals surface area contributed by atoms with Crippen molar-refractivity contribution < 1.29 is 26.1 Å². The van der Waals surface area contributed by atoms with Crippen LogP contribution >= 0.6 is 0 Å². The monoisotopic (exact) mass is 857 g/mol. The molecule has 0 amide bonds. The lowest BCUT2D eigenvalue weighted by atomic mass is 9.87. The summed E-state index contributed by atoms with van der Waals surface area (Å²) in [5.41, 5.74) is 0.299. The Bertz CT molecular complexity index is 2130. The van der Waals surface area contributed by atoms with Crippen LogP contribution in [0.4, 0.5) is 13.2 Å². The lowest BCUT2D eigenvalue weighted by molar-refractivity contribution is -0.0517. The van der Waals surface area contributed by atoms with E-state index < -0.39 is 15.6 Å². The summed E-state index contributed by atoms with van der Waals surface area (Å²) in [7, 11) is -6.23. The lowest BCUT2D eigenvalue weighted by Gasteiger charge is -2.21. The Labute approximate surface area is 356 Å². The normalized spacial score (nSPS) is 12.3. The third-order valence-corrected chi connectivity index (χ3v) is 14.4. The summed E-state index contributed by atoms with van der Waals surface area (Å²) in [6.45, 7) is 22.6. The number of halogens is 3. The summed E-state index contributed by atoms with van der Waals surface area (Å²) >= 11 is 0. The molecule has 0 fully saturated rings. The quantitative estimate of drug-likeness (QED) is 0.0952. The minimum atomic E-state index is -6.09. The Kier molecular flexibility index (Phi) is 15.6. The fraction of sp³-hybridized carbons (Fsp3) is 0.280. The van der Waals surface area contributed by atoms with Crippen molar-refractivity contribution in [2.75, 3.05) is 0 Å². The van der Waals surface area contributed by atoms with Gasteiger partial charge in [0.05, 0.1) is 21.8 Å². The molecule has 0 aliphatic heterocycles. The smallest absolute Gasteiger partial charge is 0.485 e. The van der Waals surface area contributed by atoms with Gasteiger partial charge < -0.3 is 4.55 Å². The summed E-state index contributed by atoms with van der Waals surface area (Å²) in [4.78, 5) is 8.22. The first-order valence-corrected chi connectivity index (χ1v) is 23.2. The van der Waals surface area contributed by atoms with Gasteiger partial charge in [-0.15, -0.1) is 0 Å². The van der Waals surface area contributed by atoms with Crippen LogP contribution in [0.1, 0.15) is 84.6 Å². The molecule has 0 aromatic heterocycles. The second-order valence-corrected chi connectivity index (χ2v) is 22.7. The Hall–Kier alpha value is -4.28. The van der Waals surface area contributed by atoms with Gasteiger partial charge in [0.2, 0.25) is 0 Å². The van der Waals surface area contributed by atoms with Crippen molar-refractivity contribution in [2.45, 2.75) is 120 Å². The van der Waals surface area contributed by atoms with Crippen molar-refractivity contribution >= 4 is 31.9 Å². The van der Waals surface area contributed by atoms with Gasteiger partial charge in [0.1, 0.15) is 0 Å². The molecule has 0 atom stereocenters.